The third-order valence-corrected chi connectivity index (χ3v) is 3.46. The highest BCUT2D eigenvalue weighted by atomic mass is 19.1. The van der Waals surface area contributed by atoms with E-state index in [1.165, 1.54) is 25.3 Å². The number of halogens is 1. The van der Waals surface area contributed by atoms with E-state index in [2.05, 4.69) is 19.2 Å². The average molecular weight is 331 g/mol. The minimum atomic E-state index is -0.403. The Balaban J connectivity index is 2.08. The highest BCUT2D eigenvalue weighted by molar-refractivity contribution is 6.04. The first-order valence-corrected chi connectivity index (χ1v) is 7.87. The smallest absolute Gasteiger partial charge is 0.255 e. The van der Waals surface area contributed by atoms with Crippen LogP contribution >= 0.6 is 0 Å². The van der Waals surface area contributed by atoms with E-state index < -0.39 is 5.82 Å². The van der Waals surface area contributed by atoms with Crippen LogP contribution < -0.4 is 14.8 Å². The zero-order chi connectivity index (χ0) is 17.5. The fourth-order valence-corrected chi connectivity index (χ4v) is 2.10. The summed E-state index contributed by atoms with van der Waals surface area (Å²) < 4.78 is 24.2. The molecule has 24 heavy (non-hydrogen) atoms. The number of benzene rings is 2. The molecule has 0 fully saturated rings. The fourth-order valence-electron chi connectivity index (χ4n) is 2.10. The molecule has 1 N–H and O–H groups in total. The average Bonchev–Trinajstić information content (AvgIpc) is 2.54. The topological polar surface area (TPSA) is 47.6 Å². The maximum atomic E-state index is 13.2. The fraction of sp³-hybridized carbons (Fsp3) is 0.316. The van der Waals surface area contributed by atoms with Gasteiger partial charge in [-0.15, -0.1) is 0 Å². The van der Waals surface area contributed by atoms with Gasteiger partial charge in [0.15, 0.2) is 11.5 Å². The number of nitrogens with one attached hydrogen (secondary N) is 1. The van der Waals surface area contributed by atoms with E-state index in [9.17, 15) is 9.18 Å². The maximum Gasteiger partial charge on any atom is 0.255 e. The largest absolute Gasteiger partial charge is 0.493 e. The van der Waals surface area contributed by atoms with Crippen LogP contribution in [0, 0.1) is 11.7 Å². The number of carbonyl (C=O) groups is 1. The number of hydrogen-bond acceptors (Lipinski definition) is 3. The Labute approximate surface area is 141 Å². The number of methoxy groups -OCH3 is 1. The molecule has 0 bridgehead atoms. The van der Waals surface area contributed by atoms with Crippen molar-refractivity contribution in [3.05, 3.63) is 53.8 Å². The van der Waals surface area contributed by atoms with Crippen LogP contribution in [0.5, 0.6) is 11.5 Å². The summed E-state index contributed by atoms with van der Waals surface area (Å²) in [7, 11) is 1.53. The molecule has 0 aliphatic heterocycles. The lowest BCUT2D eigenvalue weighted by molar-refractivity contribution is 0.102. The van der Waals surface area contributed by atoms with Gasteiger partial charge in [-0.2, -0.15) is 0 Å². The summed E-state index contributed by atoms with van der Waals surface area (Å²) in [5.41, 5.74) is 0.809. The van der Waals surface area contributed by atoms with Crippen LogP contribution in [0.3, 0.4) is 0 Å². The molecule has 2 rings (SSSR count). The van der Waals surface area contributed by atoms with Crippen LogP contribution in [0.15, 0.2) is 42.5 Å². The van der Waals surface area contributed by atoms with Crippen LogP contribution in [0.1, 0.15) is 30.6 Å². The minimum Gasteiger partial charge on any atom is -0.493 e. The number of amides is 1. The van der Waals surface area contributed by atoms with Crippen molar-refractivity contribution in [3.63, 3.8) is 0 Å². The number of rotatable bonds is 7. The van der Waals surface area contributed by atoms with Crippen molar-refractivity contribution in [1.82, 2.24) is 0 Å². The molecule has 0 spiro atoms. The predicted molar refractivity (Wildman–Crippen MR) is 92.3 cm³/mol. The lowest BCUT2D eigenvalue weighted by Gasteiger charge is -2.13. The Hall–Kier alpha value is -2.56. The molecule has 2 aromatic rings. The molecular weight excluding hydrogens is 309 g/mol. The molecule has 4 nitrogen and oxygen atoms in total. The lowest BCUT2D eigenvalue weighted by atomic mass is 10.1. The Kier molecular flexibility index (Phi) is 6.18. The third-order valence-electron chi connectivity index (χ3n) is 3.46. The van der Waals surface area contributed by atoms with Gasteiger partial charge in [0.2, 0.25) is 0 Å². The molecule has 128 valence electrons. The highest BCUT2D eigenvalue weighted by Crippen LogP contribution is 2.28. The second-order valence-electron chi connectivity index (χ2n) is 5.86. The summed E-state index contributed by atoms with van der Waals surface area (Å²) in [4.78, 5) is 12.3. The molecular formula is C19H22FNO3. The van der Waals surface area contributed by atoms with Crippen LogP contribution in [0.4, 0.5) is 10.1 Å². The van der Waals surface area contributed by atoms with E-state index in [1.54, 1.807) is 24.3 Å². The SMILES string of the molecule is COc1cc(C(=O)Nc2cccc(F)c2)ccc1OCCC(C)C. The van der Waals surface area contributed by atoms with Gasteiger partial charge < -0.3 is 14.8 Å². The van der Waals surface area contributed by atoms with E-state index in [4.69, 9.17) is 9.47 Å². The molecule has 0 heterocycles. The second-order valence-corrected chi connectivity index (χ2v) is 5.86. The number of anilines is 1. The van der Waals surface area contributed by atoms with Gasteiger partial charge in [-0.3, -0.25) is 4.79 Å². The van der Waals surface area contributed by atoms with Crippen LogP contribution in [-0.2, 0) is 0 Å². The summed E-state index contributed by atoms with van der Waals surface area (Å²) in [6.07, 6.45) is 0.935. The molecule has 1 amide bonds. The van der Waals surface area contributed by atoms with E-state index in [0.29, 0.717) is 35.3 Å². The van der Waals surface area contributed by atoms with Gasteiger partial charge in [0, 0.05) is 11.3 Å². The first kappa shape index (κ1) is 17.8. The third kappa shape index (κ3) is 4.98. The molecule has 2 aromatic carbocycles. The number of carbonyl (C=O) groups excluding carboxylic acids is 1. The lowest BCUT2D eigenvalue weighted by Crippen LogP contribution is -2.12. The Morgan fingerprint density at radius 1 is 1.17 bits per heavy atom. The zero-order valence-corrected chi connectivity index (χ0v) is 14.1. The Morgan fingerprint density at radius 3 is 2.62 bits per heavy atom. The quantitative estimate of drug-likeness (QED) is 0.812. The van der Waals surface area contributed by atoms with Crippen molar-refractivity contribution in [2.75, 3.05) is 19.0 Å². The monoisotopic (exact) mass is 331 g/mol. The van der Waals surface area contributed by atoms with E-state index in [-0.39, 0.29) is 5.91 Å². The van der Waals surface area contributed by atoms with Crippen molar-refractivity contribution in [3.8, 4) is 11.5 Å². The van der Waals surface area contributed by atoms with Crippen LogP contribution in [0.2, 0.25) is 0 Å². The summed E-state index contributed by atoms with van der Waals surface area (Å²) in [6, 6.07) is 10.7. The van der Waals surface area contributed by atoms with E-state index in [1.807, 2.05) is 0 Å². The van der Waals surface area contributed by atoms with Gasteiger partial charge in [0.25, 0.3) is 5.91 Å². The molecule has 0 atom stereocenters. The Bertz CT molecular complexity index is 701. The molecule has 0 saturated heterocycles. The predicted octanol–water partition coefficient (Wildman–Crippen LogP) is 4.51. The van der Waals surface area contributed by atoms with E-state index >= 15 is 0 Å². The molecule has 0 unspecified atom stereocenters. The summed E-state index contributed by atoms with van der Waals surface area (Å²) in [6.45, 7) is 4.84. The van der Waals surface area contributed by atoms with Gasteiger partial charge in [0.1, 0.15) is 5.82 Å². The molecule has 0 radical (unpaired) electrons. The van der Waals surface area contributed by atoms with Gasteiger partial charge in [-0.25, -0.2) is 4.39 Å². The Morgan fingerprint density at radius 2 is 1.96 bits per heavy atom. The standard InChI is InChI=1S/C19H22FNO3/c1-13(2)9-10-24-17-8-7-14(11-18(17)23-3)19(22)21-16-6-4-5-15(20)12-16/h4-8,11-13H,9-10H2,1-3H3,(H,21,22). The van der Waals surface area contributed by atoms with Gasteiger partial charge in [-0.05, 0) is 48.7 Å². The zero-order valence-electron chi connectivity index (χ0n) is 14.1. The van der Waals surface area contributed by atoms with Crippen molar-refractivity contribution in [2.24, 2.45) is 5.92 Å². The highest BCUT2D eigenvalue weighted by Gasteiger charge is 2.12. The van der Waals surface area contributed by atoms with Crippen LogP contribution in [-0.4, -0.2) is 19.6 Å². The number of ether oxygens (including phenoxy) is 2. The van der Waals surface area contributed by atoms with Crippen molar-refractivity contribution in [1.29, 1.82) is 0 Å². The van der Waals surface area contributed by atoms with Crippen molar-refractivity contribution >= 4 is 11.6 Å². The molecule has 0 aliphatic carbocycles. The molecule has 5 heteroatoms. The van der Waals surface area contributed by atoms with Gasteiger partial charge in [0.05, 0.1) is 13.7 Å². The van der Waals surface area contributed by atoms with Crippen molar-refractivity contribution in [2.45, 2.75) is 20.3 Å². The summed E-state index contributed by atoms with van der Waals surface area (Å²) >= 11 is 0. The second kappa shape index (κ2) is 8.34. The molecule has 0 saturated carbocycles. The van der Waals surface area contributed by atoms with Gasteiger partial charge in [-0.1, -0.05) is 19.9 Å². The molecule has 0 aromatic heterocycles. The number of hydrogen-bond donors (Lipinski definition) is 1. The summed E-state index contributed by atoms with van der Waals surface area (Å²) in [5, 5.41) is 2.65. The first-order valence-electron chi connectivity index (χ1n) is 7.87. The normalized spacial score (nSPS) is 10.5. The van der Waals surface area contributed by atoms with Gasteiger partial charge >= 0.3 is 0 Å². The maximum absolute atomic E-state index is 13.2. The first-order chi connectivity index (χ1) is 11.5. The summed E-state index contributed by atoms with van der Waals surface area (Å²) in [5.74, 6) is 0.894. The van der Waals surface area contributed by atoms with E-state index in [0.717, 1.165) is 6.42 Å². The minimum absolute atomic E-state index is 0.340. The van der Waals surface area contributed by atoms with Crippen LogP contribution in [0.25, 0.3) is 0 Å². The molecule has 0 aliphatic rings. The van der Waals surface area contributed by atoms with Crippen molar-refractivity contribution < 1.29 is 18.7 Å².